The fourth-order valence-electron chi connectivity index (χ4n) is 2.28. The Balaban J connectivity index is 2.06. The lowest BCUT2D eigenvalue weighted by molar-refractivity contribution is -0.153. The number of carbonyl (C=O) groups excluding carboxylic acids is 1. The SMILES string of the molecule is Cc1nn(C)cc1CN1CCO[C@@](C)(C(N)=O)C1. The third kappa shape index (κ3) is 2.54. The van der Waals surface area contributed by atoms with Crippen LogP contribution in [0.3, 0.4) is 0 Å². The maximum absolute atomic E-state index is 11.4. The Hall–Kier alpha value is -1.40. The number of aryl methyl sites for hydroxylation is 2. The third-order valence-corrected chi connectivity index (χ3v) is 3.38. The number of primary amides is 1. The summed E-state index contributed by atoms with van der Waals surface area (Å²) in [7, 11) is 1.91. The third-order valence-electron chi connectivity index (χ3n) is 3.38. The van der Waals surface area contributed by atoms with Crippen molar-refractivity contribution < 1.29 is 9.53 Å². The number of nitrogens with two attached hydrogens (primary N) is 1. The molecule has 1 saturated heterocycles. The Bertz CT molecular complexity index is 457. The van der Waals surface area contributed by atoms with Crippen molar-refractivity contribution in [3.8, 4) is 0 Å². The van der Waals surface area contributed by atoms with Gasteiger partial charge in [0.1, 0.15) is 0 Å². The van der Waals surface area contributed by atoms with Crippen LogP contribution in [0.4, 0.5) is 0 Å². The Morgan fingerprint density at radius 2 is 2.39 bits per heavy atom. The zero-order chi connectivity index (χ0) is 13.3. The van der Waals surface area contributed by atoms with Gasteiger partial charge in [-0.3, -0.25) is 14.4 Å². The van der Waals surface area contributed by atoms with E-state index < -0.39 is 11.5 Å². The predicted octanol–water partition coefficient (Wildman–Crippen LogP) is -0.195. The second-order valence-corrected chi connectivity index (χ2v) is 5.07. The second kappa shape index (κ2) is 4.70. The van der Waals surface area contributed by atoms with Crippen LogP contribution < -0.4 is 5.73 Å². The first-order chi connectivity index (χ1) is 8.40. The standard InChI is InChI=1S/C12H20N4O2/c1-9-10(6-15(3)14-9)7-16-4-5-18-12(2,8-16)11(13)17/h6H,4-5,7-8H2,1-3H3,(H2,13,17)/t12-/m1/s1. The van der Waals surface area contributed by atoms with Crippen molar-refractivity contribution in [3.63, 3.8) is 0 Å². The van der Waals surface area contributed by atoms with Crippen LogP contribution in [0.5, 0.6) is 0 Å². The number of nitrogens with zero attached hydrogens (tertiary/aromatic N) is 3. The van der Waals surface area contributed by atoms with E-state index >= 15 is 0 Å². The Labute approximate surface area is 107 Å². The summed E-state index contributed by atoms with van der Waals surface area (Å²) in [4.78, 5) is 13.6. The molecule has 2 rings (SSSR count). The van der Waals surface area contributed by atoms with Crippen molar-refractivity contribution in [2.45, 2.75) is 26.0 Å². The van der Waals surface area contributed by atoms with Gasteiger partial charge in [-0.15, -0.1) is 0 Å². The minimum Gasteiger partial charge on any atom is -0.367 e. The molecule has 18 heavy (non-hydrogen) atoms. The summed E-state index contributed by atoms with van der Waals surface area (Å²) >= 11 is 0. The fourth-order valence-corrected chi connectivity index (χ4v) is 2.28. The molecule has 0 aliphatic carbocycles. The lowest BCUT2D eigenvalue weighted by Gasteiger charge is -2.38. The Morgan fingerprint density at radius 3 is 2.94 bits per heavy atom. The Kier molecular flexibility index (Phi) is 3.41. The number of hydrogen-bond donors (Lipinski definition) is 1. The van der Waals surface area contributed by atoms with E-state index in [1.807, 2.05) is 20.2 Å². The van der Waals surface area contributed by atoms with Crippen molar-refractivity contribution >= 4 is 5.91 Å². The molecule has 2 heterocycles. The van der Waals surface area contributed by atoms with Crippen molar-refractivity contribution in [2.24, 2.45) is 12.8 Å². The molecule has 6 nitrogen and oxygen atoms in total. The number of carbonyl (C=O) groups is 1. The average Bonchev–Trinajstić information content (AvgIpc) is 2.57. The summed E-state index contributed by atoms with van der Waals surface area (Å²) in [6.07, 6.45) is 2.01. The number of rotatable bonds is 3. The molecule has 0 aromatic carbocycles. The number of aromatic nitrogens is 2. The Morgan fingerprint density at radius 1 is 1.67 bits per heavy atom. The zero-order valence-electron chi connectivity index (χ0n) is 11.1. The highest BCUT2D eigenvalue weighted by Crippen LogP contribution is 2.19. The van der Waals surface area contributed by atoms with Crippen molar-refractivity contribution in [1.82, 2.24) is 14.7 Å². The molecule has 0 bridgehead atoms. The molecule has 0 saturated carbocycles. The predicted molar refractivity (Wildman–Crippen MR) is 66.8 cm³/mol. The molecule has 1 atom stereocenters. The van der Waals surface area contributed by atoms with Crippen molar-refractivity contribution in [3.05, 3.63) is 17.5 Å². The number of ether oxygens (including phenoxy) is 1. The maximum Gasteiger partial charge on any atom is 0.250 e. The molecule has 6 heteroatoms. The first-order valence-electron chi connectivity index (χ1n) is 6.06. The van der Waals surface area contributed by atoms with Crippen LogP contribution in [0.1, 0.15) is 18.2 Å². The maximum atomic E-state index is 11.4. The van der Waals surface area contributed by atoms with Crippen LogP contribution in [0, 0.1) is 6.92 Å². The quantitative estimate of drug-likeness (QED) is 0.809. The van der Waals surface area contributed by atoms with Crippen LogP contribution in [-0.4, -0.2) is 45.9 Å². The van der Waals surface area contributed by atoms with E-state index in [4.69, 9.17) is 10.5 Å². The van der Waals surface area contributed by atoms with Gasteiger partial charge >= 0.3 is 0 Å². The molecule has 1 aliphatic rings. The van der Waals surface area contributed by atoms with Crippen LogP contribution in [0.2, 0.25) is 0 Å². The summed E-state index contributed by atoms with van der Waals surface area (Å²) in [6, 6.07) is 0. The molecule has 1 amide bonds. The second-order valence-electron chi connectivity index (χ2n) is 5.07. The molecular weight excluding hydrogens is 232 g/mol. The molecular formula is C12H20N4O2. The monoisotopic (exact) mass is 252 g/mol. The summed E-state index contributed by atoms with van der Waals surface area (Å²) < 4.78 is 7.30. The molecule has 1 aromatic heterocycles. The van der Waals surface area contributed by atoms with Gasteiger partial charge in [0, 0.05) is 38.4 Å². The van der Waals surface area contributed by atoms with Crippen LogP contribution in [0.25, 0.3) is 0 Å². The molecule has 1 aromatic rings. The van der Waals surface area contributed by atoms with Crippen molar-refractivity contribution in [2.75, 3.05) is 19.7 Å². The summed E-state index contributed by atoms with van der Waals surface area (Å²) in [5.41, 5.74) is 6.69. The van der Waals surface area contributed by atoms with E-state index in [0.717, 1.165) is 18.8 Å². The van der Waals surface area contributed by atoms with E-state index in [1.54, 1.807) is 11.6 Å². The highest BCUT2D eigenvalue weighted by Gasteiger charge is 2.37. The van der Waals surface area contributed by atoms with Gasteiger partial charge in [-0.25, -0.2) is 0 Å². The van der Waals surface area contributed by atoms with E-state index in [2.05, 4.69) is 10.00 Å². The number of hydrogen-bond acceptors (Lipinski definition) is 4. The van der Waals surface area contributed by atoms with Crippen LogP contribution >= 0.6 is 0 Å². The van der Waals surface area contributed by atoms with Gasteiger partial charge in [0.15, 0.2) is 5.60 Å². The number of amides is 1. The van der Waals surface area contributed by atoms with Gasteiger partial charge in [0.25, 0.3) is 5.91 Å². The van der Waals surface area contributed by atoms with Gasteiger partial charge < -0.3 is 10.5 Å². The van der Waals surface area contributed by atoms with E-state index in [9.17, 15) is 4.79 Å². The number of morpholine rings is 1. The first kappa shape index (κ1) is 13.0. The molecule has 2 N–H and O–H groups in total. The van der Waals surface area contributed by atoms with Gasteiger partial charge in [0.05, 0.1) is 12.3 Å². The normalized spacial score (nSPS) is 25.3. The van der Waals surface area contributed by atoms with E-state index in [1.165, 1.54) is 5.56 Å². The molecule has 0 radical (unpaired) electrons. The average molecular weight is 252 g/mol. The molecule has 100 valence electrons. The lowest BCUT2D eigenvalue weighted by atomic mass is 10.0. The summed E-state index contributed by atoms with van der Waals surface area (Å²) in [5, 5.41) is 4.32. The topological polar surface area (TPSA) is 73.4 Å². The van der Waals surface area contributed by atoms with Crippen LogP contribution in [-0.2, 0) is 23.1 Å². The molecule has 1 aliphatic heterocycles. The van der Waals surface area contributed by atoms with Gasteiger partial charge in [0.2, 0.25) is 0 Å². The van der Waals surface area contributed by atoms with Gasteiger partial charge in [-0.05, 0) is 13.8 Å². The van der Waals surface area contributed by atoms with Gasteiger partial charge in [-0.2, -0.15) is 5.10 Å². The highest BCUT2D eigenvalue weighted by atomic mass is 16.5. The first-order valence-corrected chi connectivity index (χ1v) is 6.06. The fraction of sp³-hybridized carbons (Fsp3) is 0.667. The zero-order valence-corrected chi connectivity index (χ0v) is 11.1. The molecule has 0 unspecified atom stereocenters. The largest absolute Gasteiger partial charge is 0.367 e. The summed E-state index contributed by atoms with van der Waals surface area (Å²) in [6.45, 7) is 6.36. The van der Waals surface area contributed by atoms with E-state index in [-0.39, 0.29) is 0 Å². The highest BCUT2D eigenvalue weighted by molar-refractivity contribution is 5.83. The minimum absolute atomic E-state index is 0.407. The smallest absolute Gasteiger partial charge is 0.250 e. The molecule has 1 fully saturated rings. The van der Waals surface area contributed by atoms with Crippen molar-refractivity contribution in [1.29, 1.82) is 0 Å². The van der Waals surface area contributed by atoms with Crippen LogP contribution in [0.15, 0.2) is 6.20 Å². The lowest BCUT2D eigenvalue weighted by Crippen LogP contribution is -2.56. The molecule has 0 spiro atoms. The van der Waals surface area contributed by atoms with E-state index in [0.29, 0.717) is 13.2 Å². The van der Waals surface area contributed by atoms with Gasteiger partial charge in [-0.1, -0.05) is 0 Å². The summed E-state index contributed by atoms with van der Waals surface area (Å²) in [5.74, 6) is -0.407. The minimum atomic E-state index is -0.881.